The molecule has 3 aromatic carbocycles. The Morgan fingerprint density at radius 2 is 1.56 bits per heavy atom. The van der Waals surface area contributed by atoms with E-state index in [2.05, 4.69) is 120 Å². The Morgan fingerprint density at radius 3 is 2.31 bits per heavy atom. The molecule has 0 radical (unpaired) electrons. The number of anilines is 1. The average Bonchev–Trinajstić information content (AvgIpc) is 3.53. The predicted octanol–water partition coefficient (Wildman–Crippen LogP) is 7.33. The molecule has 6 rings (SSSR count). The first kappa shape index (κ1) is 22.5. The monoisotopic (exact) mass is 488 g/mol. The minimum absolute atomic E-state index is 0.0706. The lowest BCUT2D eigenvalue weighted by Crippen LogP contribution is -2.30. The zero-order valence-electron chi connectivity index (χ0n) is 20.4. The molecule has 0 aliphatic carbocycles. The van der Waals surface area contributed by atoms with Crippen LogP contribution in [0.2, 0.25) is 0 Å². The minimum atomic E-state index is -0.0856. The Labute approximate surface area is 217 Å². The zero-order valence-corrected chi connectivity index (χ0v) is 21.2. The summed E-state index contributed by atoms with van der Waals surface area (Å²) in [5, 5.41) is 6.74. The fourth-order valence-electron chi connectivity index (χ4n) is 5.15. The van der Waals surface area contributed by atoms with Gasteiger partial charge in [0.25, 0.3) is 0 Å². The second-order valence-electron chi connectivity index (χ2n) is 9.58. The van der Waals surface area contributed by atoms with Crippen LogP contribution < -0.4 is 10.2 Å². The van der Waals surface area contributed by atoms with Crippen LogP contribution in [0, 0.1) is 0 Å². The predicted molar refractivity (Wildman–Crippen MR) is 152 cm³/mol. The Bertz CT molecular complexity index is 1520. The number of pyridine rings is 1. The molecule has 0 spiro atoms. The number of thiocarbonyl (C=S) groups is 1. The molecule has 0 unspecified atom stereocenters. The average molecular weight is 489 g/mol. The number of hydrogen-bond donors (Lipinski definition) is 1. The highest BCUT2D eigenvalue weighted by molar-refractivity contribution is 7.80. The van der Waals surface area contributed by atoms with Crippen LogP contribution >= 0.6 is 12.2 Å². The molecule has 1 fully saturated rings. The van der Waals surface area contributed by atoms with Gasteiger partial charge in [0.1, 0.15) is 6.04 Å². The topological polar surface area (TPSA) is 33.1 Å². The fourth-order valence-corrected chi connectivity index (χ4v) is 5.50. The lowest BCUT2D eigenvalue weighted by Gasteiger charge is -2.29. The van der Waals surface area contributed by atoms with Crippen molar-refractivity contribution >= 4 is 33.8 Å². The van der Waals surface area contributed by atoms with Gasteiger partial charge in [-0.2, -0.15) is 0 Å². The minimum Gasteiger partial charge on any atom is -0.351 e. The third-order valence-electron chi connectivity index (χ3n) is 7.03. The highest BCUT2D eigenvalue weighted by Crippen LogP contribution is 2.42. The molecular weight excluding hydrogens is 460 g/mol. The third-order valence-corrected chi connectivity index (χ3v) is 7.35. The van der Waals surface area contributed by atoms with Gasteiger partial charge in [0.15, 0.2) is 5.11 Å². The second kappa shape index (κ2) is 9.25. The molecule has 1 aliphatic rings. The number of fused-ring (bicyclic) bond motifs is 1. The van der Waals surface area contributed by atoms with Crippen molar-refractivity contribution in [2.75, 3.05) is 4.90 Å². The van der Waals surface area contributed by atoms with Crippen LogP contribution in [0.25, 0.3) is 16.5 Å². The highest BCUT2D eigenvalue weighted by Gasteiger charge is 2.42. The first-order valence-corrected chi connectivity index (χ1v) is 12.8. The Hall–Kier alpha value is -3.96. The molecule has 178 valence electrons. The van der Waals surface area contributed by atoms with Gasteiger partial charge in [0.05, 0.1) is 11.7 Å². The summed E-state index contributed by atoms with van der Waals surface area (Å²) in [5.74, 6) is 0.477. The van der Waals surface area contributed by atoms with Crippen molar-refractivity contribution in [3.8, 4) is 5.69 Å². The summed E-state index contributed by atoms with van der Waals surface area (Å²) >= 11 is 5.94. The van der Waals surface area contributed by atoms with E-state index >= 15 is 0 Å². The van der Waals surface area contributed by atoms with E-state index < -0.39 is 0 Å². The van der Waals surface area contributed by atoms with Gasteiger partial charge < -0.3 is 14.8 Å². The lowest BCUT2D eigenvalue weighted by molar-refractivity contribution is 0.549. The van der Waals surface area contributed by atoms with E-state index in [4.69, 9.17) is 17.2 Å². The summed E-state index contributed by atoms with van der Waals surface area (Å²) in [6.45, 7) is 4.43. The molecule has 1 N–H and O–H groups in total. The van der Waals surface area contributed by atoms with Gasteiger partial charge in [-0.3, -0.25) is 4.98 Å². The Morgan fingerprint density at radius 1 is 0.806 bits per heavy atom. The van der Waals surface area contributed by atoms with Crippen LogP contribution in [-0.2, 0) is 0 Å². The first-order valence-electron chi connectivity index (χ1n) is 12.4. The van der Waals surface area contributed by atoms with E-state index in [1.807, 2.05) is 18.3 Å². The van der Waals surface area contributed by atoms with E-state index in [1.165, 1.54) is 16.3 Å². The van der Waals surface area contributed by atoms with Crippen LogP contribution in [-0.4, -0.2) is 14.7 Å². The number of hydrogen-bond acceptors (Lipinski definition) is 2. The Balaban J connectivity index is 1.49. The summed E-state index contributed by atoms with van der Waals surface area (Å²) in [6.07, 6.45) is 3.98. The lowest BCUT2D eigenvalue weighted by atomic mass is 9.99. The smallest absolute Gasteiger partial charge is 0.174 e. The van der Waals surface area contributed by atoms with E-state index in [0.29, 0.717) is 11.0 Å². The fraction of sp³-hybridized carbons (Fsp3) is 0.161. The molecule has 0 amide bonds. The van der Waals surface area contributed by atoms with E-state index in [0.717, 1.165) is 22.8 Å². The molecule has 5 heteroatoms. The maximum absolute atomic E-state index is 5.94. The van der Waals surface area contributed by atoms with Gasteiger partial charge in [-0.25, -0.2) is 0 Å². The molecule has 0 saturated carbocycles. The van der Waals surface area contributed by atoms with E-state index in [1.54, 1.807) is 0 Å². The van der Waals surface area contributed by atoms with Crippen molar-refractivity contribution in [2.24, 2.45) is 0 Å². The summed E-state index contributed by atoms with van der Waals surface area (Å²) in [7, 11) is 0. The zero-order chi connectivity index (χ0) is 24.6. The Kier molecular flexibility index (Phi) is 5.78. The van der Waals surface area contributed by atoms with Gasteiger partial charge in [-0.15, -0.1) is 0 Å². The number of nitrogens with one attached hydrogen (secondary N) is 1. The van der Waals surface area contributed by atoms with Crippen LogP contribution in [0.1, 0.15) is 48.8 Å². The van der Waals surface area contributed by atoms with Crippen LogP contribution in [0.5, 0.6) is 0 Å². The highest BCUT2D eigenvalue weighted by atomic mass is 32.1. The summed E-state index contributed by atoms with van der Waals surface area (Å²) in [6, 6.07) is 34.1. The van der Waals surface area contributed by atoms with Crippen molar-refractivity contribution < 1.29 is 0 Å². The second-order valence-corrected chi connectivity index (χ2v) is 9.96. The van der Waals surface area contributed by atoms with Crippen molar-refractivity contribution in [3.05, 3.63) is 126 Å². The van der Waals surface area contributed by atoms with Crippen molar-refractivity contribution in [1.29, 1.82) is 0 Å². The molecule has 1 saturated heterocycles. The van der Waals surface area contributed by atoms with Gasteiger partial charge in [0.2, 0.25) is 0 Å². The number of rotatable bonds is 5. The van der Waals surface area contributed by atoms with Gasteiger partial charge in [-0.1, -0.05) is 62.4 Å². The summed E-state index contributed by atoms with van der Waals surface area (Å²) < 4.78 is 2.28. The van der Waals surface area contributed by atoms with Crippen molar-refractivity contribution in [3.63, 3.8) is 0 Å². The summed E-state index contributed by atoms with van der Waals surface area (Å²) in [4.78, 5) is 6.95. The molecule has 2 aromatic heterocycles. The van der Waals surface area contributed by atoms with Crippen LogP contribution in [0.15, 0.2) is 109 Å². The van der Waals surface area contributed by atoms with E-state index in [-0.39, 0.29) is 12.1 Å². The number of benzene rings is 3. The van der Waals surface area contributed by atoms with Crippen molar-refractivity contribution in [2.45, 2.75) is 31.8 Å². The third kappa shape index (κ3) is 3.95. The molecule has 1 aliphatic heterocycles. The van der Waals surface area contributed by atoms with Gasteiger partial charge in [-0.05, 0) is 83.0 Å². The molecule has 0 bridgehead atoms. The van der Waals surface area contributed by atoms with Gasteiger partial charge >= 0.3 is 0 Å². The number of nitrogens with zero attached hydrogens (tertiary/aromatic N) is 3. The van der Waals surface area contributed by atoms with Crippen LogP contribution in [0.4, 0.5) is 5.69 Å². The maximum atomic E-state index is 5.94. The number of aromatic nitrogens is 2. The standard InChI is InChI=1S/C31H28N4S/c1-21(2)22-12-15-25(16-13-22)35-30(29(33-31(35)36)27-10-5-6-18-32-27)28-11-7-19-34(28)26-17-14-23-8-3-4-9-24(23)20-26/h3-21,29-30H,1-2H3,(H,33,36)/t29-,30+/m0/s1. The molecular formula is C31H28N4S. The largest absolute Gasteiger partial charge is 0.351 e. The van der Waals surface area contributed by atoms with Crippen molar-refractivity contribution in [1.82, 2.24) is 14.9 Å². The molecule has 4 nitrogen and oxygen atoms in total. The van der Waals surface area contributed by atoms with Gasteiger partial charge in [0, 0.05) is 29.5 Å². The van der Waals surface area contributed by atoms with E-state index in [9.17, 15) is 0 Å². The summed E-state index contributed by atoms with van der Waals surface area (Å²) in [5.41, 5.74) is 5.64. The molecule has 36 heavy (non-hydrogen) atoms. The SMILES string of the molecule is CC(C)c1ccc(N2C(=S)N[C@@H](c3ccccn3)[C@H]2c2cccn2-c2ccc3ccccc3c2)cc1. The maximum Gasteiger partial charge on any atom is 0.174 e. The molecule has 5 aromatic rings. The normalized spacial score (nSPS) is 17.6. The van der Waals surface area contributed by atoms with Crippen LogP contribution in [0.3, 0.4) is 0 Å². The molecule has 3 heterocycles. The first-order chi connectivity index (χ1) is 17.6. The quantitative estimate of drug-likeness (QED) is 0.263. The molecule has 2 atom stereocenters.